The Morgan fingerprint density at radius 3 is 2.03 bits per heavy atom. The molecule has 156 valence electrons. The fourth-order valence-corrected chi connectivity index (χ4v) is 4.63. The second-order valence-electron chi connectivity index (χ2n) is 7.43. The molecule has 30 heavy (non-hydrogen) atoms. The molecule has 3 aromatic rings. The van der Waals surface area contributed by atoms with Crippen molar-refractivity contribution in [3.05, 3.63) is 95.1 Å². The number of sulfonamides is 1. The van der Waals surface area contributed by atoms with Gasteiger partial charge in [0.05, 0.1) is 10.6 Å². The fraction of sp³-hybridized carbons (Fsp3) is 0.208. The zero-order valence-electron chi connectivity index (χ0n) is 17.4. The Balaban J connectivity index is 1.91. The molecule has 1 N–H and O–H groups in total. The maximum Gasteiger partial charge on any atom is 0.264 e. The van der Waals surface area contributed by atoms with Gasteiger partial charge >= 0.3 is 0 Å². The van der Waals surface area contributed by atoms with Crippen LogP contribution in [0.2, 0.25) is 0 Å². The predicted molar refractivity (Wildman–Crippen MR) is 120 cm³/mol. The molecule has 0 aromatic heterocycles. The first-order valence-corrected chi connectivity index (χ1v) is 11.2. The van der Waals surface area contributed by atoms with Crippen LogP contribution < -0.4 is 9.62 Å². The van der Waals surface area contributed by atoms with Crippen molar-refractivity contribution < 1.29 is 13.2 Å². The van der Waals surface area contributed by atoms with Crippen molar-refractivity contribution in [1.82, 2.24) is 5.32 Å². The lowest BCUT2D eigenvalue weighted by molar-refractivity contribution is -0.119. The van der Waals surface area contributed by atoms with Crippen LogP contribution in [-0.4, -0.2) is 20.9 Å². The van der Waals surface area contributed by atoms with Crippen molar-refractivity contribution in [3.63, 3.8) is 0 Å². The van der Waals surface area contributed by atoms with Gasteiger partial charge in [-0.1, -0.05) is 54.1 Å². The van der Waals surface area contributed by atoms with Gasteiger partial charge < -0.3 is 5.32 Å². The van der Waals surface area contributed by atoms with Crippen molar-refractivity contribution in [3.8, 4) is 0 Å². The maximum absolute atomic E-state index is 13.4. The van der Waals surface area contributed by atoms with Crippen LogP contribution in [0.5, 0.6) is 0 Å². The molecule has 0 aliphatic rings. The lowest BCUT2D eigenvalue weighted by atomic mass is 10.1. The zero-order chi connectivity index (χ0) is 21.7. The molecule has 0 aliphatic heterocycles. The van der Waals surface area contributed by atoms with E-state index in [9.17, 15) is 13.2 Å². The molecule has 0 saturated carbocycles. The number of hydrogen-bond donors (Lipinski definition) is 1. The Bertz CT molecular complexity index is 1100. The average Bonchev–Trinajstić information content (AvgIpc) is 2.70. The van der Waals surface area contributed by atoms with E-state index in [0.29, 0.717) is 12.2 Å². The van der Waals surface area contributed by atoms with E-state index in [-0.39, 0.29) is 17.3 Å². The molecule has 0 saturated heterocycles. The Labute approximate surface area is 178 Å². The number of nitrogens with one attached hydrogen (secondary N) is 1. The molecule has 0 heterocycles. The predicted octanol–water partition coefficient (Wildman–Crippen LogP) is 4.12. The van der Waals surface area contributed by atoms with Crippen molar-refractivity contribution >= 4 is 21.6 Å². The second kappa shape index (κ2) is 9.13. The topological polar surface area (TPSA) is 66.5 Å². The van der Waals surface area contributed by atoms with E-state index in [1.807, 2.05) is 57.2 Å². The summed E-state index contributed by atoms with van der Waals surface area (Å²) in [5, 5.41) is 2.82. The zero-order valence-corrected chi connectivity index (χ0v) is 18.2. The lowest BCUT2D eigenvalue weighted by Crippen LogP contribution is -2.40. The van der Waals surface area contributed by atoms with Crippen molar-refractivity contribution in [2.45, 2.75) is 32.2 Å². The van der Waals surface area contributed by atoms with E-state index in [2.05, 4.69) is 5.32 Å². The van der Waals surface area contributed by atoms with Crippen LogP contribution in [0.3, 0.4) is 0 Å². The number of carbonyl (C=O) groups is 1. The fourth-order valence-electron chi connectivity index (χ4n) is 3.23. The number of rotatable bonds is 7. The molecule has 3 aromatic carbocycles. The summed E-state index contributed by atoms with van der Waals surface area (Å²) in [7, 11) is -3.91. The molecule has 5 nitrogen and oxygen atoms in total. The highest BCUT2D eigenvalue weighted by Crippen LogP contribution is 2.26. The molecule has 1 amide bonds. The Morgan fingerprint density at radius 2 is 1.43 bits per heavy atom. The minimum atomic E-state index is -3.91. The Kier molecular flexibility index (Phi) is 6.57. The van der Waals surface area contributed by atoms with Crippen LogP contribution in [0.1, 0.15) is 22.3 Å². The molecule has 3 rings (SSSR count). The molecule has 0 spiro atoms. The van der Waals surface area contributed by atoms with Gasteiger partial charge in [0.2, 0.25) is 5.91 Å². The Morgan fingerprint density at radius 1 is 0.833 bits per heavy atom. The molecule has 0 unspecified atom stereocenters. The third kappa shape index (κ3) is 5.27. The quantitative estimate of drug-likeness (QED) is 0.623. The van der Waals surface area contributed by atoms with E-state index >= 15 is 0 Å². The summed E-state index contributed by atoms with van der Waals surface area (Å²) in [5.74, 6) is -0.367. The van der Waals surface area contributed by atoms with Crippen LogP contribution in [0, 0.1) is 20.8 Å². The molecule has 0 aliphatic carbocycles. The van der Waals surface area contributed by atoms with Gasteiger partial charge in [0.1, 0.15) is 6.54 Å². The smallest absolute Gasteiger partial charge is 0.264 e. The third-order valence-electron chi connectivity index (χ3n) is 4.72. The largest absolute Gasteiger partial charge is 0.350 e. The van der Waals surface area contributed by atoms with Crippen molar-refractivity contribution in [2.75, 3.05) is 10.8 Å². The molecule has 0 fully saturated rings. The monoisotopic (exact) mass is 422 g/mol. The van der Waals surface area contributed by atoms with Gasteiger partial charge in [-0.15, -0.1) is 0 Å². The van der Waals surface area contributed by atoms with E-state index in [1.165, 1.54) is 4.31 Å². The first kappa shape index (κ1) is 21.6. The van der Waals surface area contributed by atoms with E-state index < -0.39 is 10.0 Å². The molecular weight excluding hydrogens is 396 g/mol. The number of nitrogens with zero attached hydrogens (tertiary/aromatic N) is 1. The molecule has 0 bridgehead atoms. The number of carbonyl (C=O) groups excluding carboxylic acids is 1. The summed E-state index contributed by atoms with van der Waals surface area (Å²) in [6.07, 6.45) is 0. The maximum atomic E-state index is 13.4. The van der Waals surface area contributed by atoms with Gasteiger partial charge in [-0.05, 0) is 61.7 Å². The van der Waals surface area contributed by atoms with Gasteiger partial charge in [0.25, 0.3) is 10.0 Å². The minimum Gasteiger partial charge on any atom is -0.350 e. The van der Waals surface area contributed by atoms with Gasteiger partial charge in [0, 0.05) is 6.54 Å². The first-order chi connectivity index (χ1) is 14.3. The lowest BCUT2D eigenvalue weighted by Gasteiger charge is -2.25. The van der Waals surface area contributed by atoms with Gasteiger partial charge in [-0.2, -0.15) is 0 Å². The number of amides is 1. The third-order valence-corrected chi connectivity index (χ3v) is 6.51. The molecule has 6 heteroatoms. The summed E-state index contributed by atoms with van der Waals surface area (Å²) in [4.78, 5) is 12.8. The highest BCUT2D eigenvalue weighted by atomic mass is 32.2. The summed E-state index contributed by atoms with van der Waals surface area (Å²) in [5.41, 5.74) is 4.25. The summed E-state index contributed by atoms with van der Waals surface area (Å²) >= 11 is 0. The average molecular weight is 423 g/mol. The van der Waals surface area contributed by atoms with Crippen LogP contribution in [0.4, 0.5) is 5.69 Å². The highest BCUT2D eigenvalue weighted by Gasteiger charge is 2.27. The second-order valence-corrected chi connectivity index (χ2v) is 9.30. The number of benzene rings is 3. The molecular formula is C24H26N2O3S. The van der Waals surface area contributed by atoms with Crippen LogP contribution in [0.25, 0.3) is 0 Å². The molecule has 0 radical (unpaired) electrons. The van der Waals surface area contributed by atoms with Gasteiger partial charge in [0.15, 0.2) is 0 Å². The number of anilines is 1. The van der Waals surface area contributed by atoms with E-state index in [4.69, 9.17) is 0 Å². The SMILES string of the molecule is Cc1ccc(S(=O)(=O)N(CC(=O)NCc2ccccc2)c2cc(C)cc(C)c2)cc1. The summed E-state index contributed by atoms with van der Waals surface area (Å²) in [6, 6.07) is 21.7. The van der Waals surface area contributed by atoms with E-state index in [0.717, 1.165) is 22.3 Å². The number of aryl methyl sites for hydroxylation is 3. The van der Waals surface area contributed by atoms with Crippen LogP contribution in [0.15, 0.2) is 77.7 Å². The molecule has 0 atom stereocenters. The summed E-state index contributed by atoms with van der Waals surface area (Å²) < 4.78 is 28.0. The highest BCUT2D eigenvalue weighted by molar-refractivity contribution is 7.92. The van der Waals surface area contributed by atoms with E-state index in [1.54, 1.807) is 36.4 Å². The Hall–Kier alpha value is -3.12. The standard InChI is InChI=1S/C24H26N2O3S/c1-18-9-11-23(12-10-18)30(28,29)26(22-14-19(2)13-20(3)15-22)17-24(27)25-16-21-7-5-4-6-8-21/h4-15H,16-17H2,1-3H3,(H,25,27). The first-order valence-electron chi connectivity index (χ1n) is 9.74. The van der Waals surface area contributed by atoms with Gasteiger partial charge in [-0.3, -0.25) is 9.10 Å². The van der Waals surface area contributed by atoms with Crippen LogP contribution in [-0.2, 0) is 21.4 Å². The van der Waals surface area contributed by atoms with Gasteiger partial charge in [-0.25, -0.2) is 8.42 Å². The number of hydrogen-bond acceptors (Lipinski definition) is 3. The summed E-state index contributed by atoms with van der Waals surface area (Å²) in [6.45, 7) is 5.75. The van der Waals surface area contributed by atoms with Crippen molar-refractivity contribution in [2.24, 2.45) is 0 Å². The normalized spacial score (nSPS) is 11.2. The van der Waals surface area contributed by atoms with Crippen molar-refractivity contribution in [1.29, 1.82) is 0 Å². The van der Waals surface area contributed by atoms with Crippen LogP contribution >= 0.6 is 0 Å². The minimum absolute atomic E-state index is 0.156.